The van der Waals surface area contributed by atoms with E-state index in [2.05, 4.69) is 56.2 Å². The Labute approximate surface area is 768 Å². The van der Waals surface area contributed by atoms with Crippen LogP contribution in [0.25, 0.3) is 0 Å². The van der Waals surface area contributed by atoms with Crippen LogP contribution in [0.3, 0.4) is 0 Å². The third-order valence-electron chi connectivity index (χ3n) is 48.8. The van der Waals surface area contributed by atoms with Crippen molar-refractivity contribution < 1.29 is 0 Å². The highest BCUT2D eigenvalue weighted by Gasteiger charge is 2.71. The van der Waals surface area contributed by atoms with Crippen LogP contribution >= 0.6 is 0 Å². The van der Waals surface area contributed by atoms with Crippen molar-refractivity contribution >= 4 is 6.71 Å². The smallest absolute Gasteiger partial charge is 0.156 e. The first-order chi connectivity index (χ1) is 60.8. The predicted molar refractivity (Wildman–Crippen MR) is 526 cm³/mol. The fourth-order valence-corrected chi connectivity index (χ4v) is 43.4. The molecule has 23 unspecified atom stereocenters. The van der Waals surface area contributed by atoms with Gasteiger partial charge in [0.15, 0.2) is 6.71 Å². The van der Waals surface area contributed by atoms with E-state index in [1.807, 2.05) is 0 Å². The van der Waals surface area contributed by atoms with E-state index < -0.39 is 0 Å². The van der Waals surface area contributed by atoms with Gasteiger partial charge < -0.3 is 0 Å². The summed E-state index contributed by atoms with van der Waals surface area (Å²) in [5.74, 6) is 30.8. The summed E-state index contributed by atoms with van der Waals surface area (Å²) in [5.41, 5.74) is 0.866. The second-order valence-corrected chi connectivity index (χ2v) is 55.8. The van der Waals surface area contributed by atoms with Gasteiger partial charge in [-0.1, -0.05) is 343 Å². The maximum Gasteiger partial charge on any atom is 0.156 e. The van der Waals surface area contributed by atoms with Crippen LogP contribution in [0.2, 0.25) is 17.5 Å². The van der Waals surface area contributed by atoms with Crippen molar-refractivity contribution in [2.24, 2.45) is 177 Å². The Balaban J connectivity index is 0.744. The van der Waals surface area contributed by atoms with E-state index in [0.29, 0.717) is 10.8 Å². The van der Waals surface area contributed by atoms with Gasteiger partial charge in [-0.25, -0.2) is 0 Å². The number of hydrogen-bond acceptors (Lipinski definition) is 3. The maximum absolute atomic E-state index is 4.15. The van der Waals surface area contributed by atoms with E-state index in [4.69, 9.17) is 0 Å². The quantitative estimate of drug-likeness (QED) is 0.151. The molecular weight excluding hydrogens is 1490 g/mol. The highest BCUT2D eigenvalue weighted by atomic mass is 15.3. The Morgan fingerprint density at radius 2 is 0.476 bits per heavy atom. The monoisotopic (exact) mass is 1700 g/mol. The second kappa shape index (κ2) is 39.2. The zero-order valence-corrected chi connectivity index (χ0v) is 82.9. The minimum absolute atomic E-state index is 0.426. The molecule has 2 heterocycles. The zero-order valence-electron chi connectivity index (χ0n) is 82.9. The molecule has 0 aromatic carbocycles. The fourth-order valence-electron chi connectivity index (χ4n) is 43.4. The van der Waals surface area contributed by atoms with E-state index in [1.165, 1.54) is 12.8 Å². The molecule has 2 saturated heterocycles. The first-order valence-electron chi connectivity index (χ1n) is 60.1. The lowest BCUT2D eigenvalue weighted by molar-refractivity contribution is -0.159. The summed E-state index contributed by atoms with van der Waals surface area (Å²) in [4.78, 5) is 12.1. The van der Waals surface area contributed by atoms with Crippen molar-refractivity contribution in [2.45, 2.75) is 576 Å². The fraction of sp³-hybridized carbons (Fsp3) is 1.00. The SMILES string of the molecule is CC(C)(C)C1CC2CCC3CC(C(C)(C)C)CC4C(C5CCC6C(C5)B5C7CC(C8CCCCC8)CCC7N(C7C(C8CCCCC8)CC(C8CCCCC8)CC7C7CCCCC7)C7CC(N(C8CCC(C9CCCCC9)CC8)C8CCC(C9CCCCC9)CC8)CC(C57)N6C5C(C6CCCCC6)CC(C6CCCCC6)CC5C5CCCCC5)CC(C1)C2C34. The Morgan fingerprint density at radius 3 is 0.847 bits per heavy atom. The standard InChI is InChI=1S/C120H202BN3/c1-119(2,3)97-66-92-52-53-93-67-98(120(4,5)6)76-107-102(73-96(68-97)114(92)115(93)107)91-59-65-111-109(75-91)121-108-74-90(81-38-20-9-21-39-81)58-64-110(108)123(117-103(86-44-26-12-27-45-86)69-94(82-40-22-10-23-41-82)70-104(117)87-46-28-13-29-47-87)112-77-101(122(99-60-54-84(55-61-99)79-34-16-7-17-35-79)100-62-56-85(57-63-100)80-36-18-8-19-37-80)78-113(116(112)121)124(111)118-105(88-48-30-14-31-49-88)71-95(83-42-24-11-25-43-83)72-106(118)89-50-32-15-33-51-89/h79-118H,7-78H2,1-6H3. The Bertz CT molecular complexity index is 3190. The maximum atomic E-state index is 4.15. The number of rotatable bonds is 15. The third-order valence-corrected chi connectivity index (χ3v) is 48.8. The van der Waals surface area contributed by atoms with Gasteiger partial charge in [-0.05, 0) is 355 Å². The van der Waals surface area contributed by atoms with E-state index in [-0.39, 0.29) is 0 Å². The third kappa shape index (κ3) is 18.0. The molecule has 20 aliphatic carbocycles. The average Bonchev–Trinajstić information content (AvgIpc) is 0.685. The molecule has 2 aliphatic heterocycles. The van der Waals surface area contributed by atoms with Crippen LogP contribution in [-0.2, 0) is 0 Å². The van der Waals surface area contributed by atoms with Crippen LogP contribution in [0.15, 0.2) is 0 Å². The minimum Gasteiger partial charge on any atom is -0.295 e. The molecule has 0 amide bonds. The molecule has 0 aromatic rings. The number of hydrogen-bond donors (Lipinski definition) is 0. The van der Waals surface area contributed by atoms with Gasteiger partial charge in [0.05, 0.1) is 0 Å². The van der Waals surface area contributed by atoms with Gasteiger partial charge in [-0.3, -0.25) is 14.7 Å². The molecule has 124 heavy (non-hydrogen) atoms. The lowest BCUT2D eigenvalue weighted by atomic mass is 9.17. The summed E-state index contributed by atoms with van der Waals surface area (Å²) in [6.07, 6.45) is 114. The molecule has 22 aliphatic rings. The minimum atomic E-state index is 0.426. The summed E-state index contributed by atoms with van der Waals surface area (Å²) in [5, 5.41) is 0. The van der Waals surface area contributed by atoms with Gasteiger partial charge in [0.1, 0.15) is 0 Å². The summed E-state index contributed by atoms with van der Waals surface area (Å²) in [7, 11) is 0. The number of fused-ring (bicyclic) bond motifs is 4. The van der Waals surface area contributed by atoms with Crippen molar-refractivity contribution in [3.05, 3.63) is 0 Å². The van der Waals surface area contributed by atoms with Gasteiger partial charge in [0, 0.05) is 54.4 Å². The van der Waals surface area contributed by atoms with Gasteiger partial charge in [0.2, 0.25) is 0 Å². The molecule has 3 nitrogen and oxygen atoms in total. The molecule has 23 atom stereocenters. The largest absolute Gasteiger partial charge is 0.295 e. The van der Waals surface area contributed by atoms with Gasteiger partial charge in [-0.15, -0.1) is 0 Å². The molecule has 22 fully saturated rings. The lowest BCUT2D eigenvalue weighted by Gasteiger charge is -2.73. The van der Waals surface area contributed by atoms with Crippen LogP contribution in [0, 0.1) is 177 Å². The summed E-state index contributed by atoms with van der Waals surface area (Å²) in [6, 6.07) is 7.47. The van der Waals surface area contributed by atoms with E-state index in [9.17, 15) is 0 Å². The van der Waals surface area contributed by atoms with Crippen molar-refractivity contribution in [2.75, 3.05) is 0 Å². The molecular formula is C120H202BN3. The molecule has 0 spiro atoms. The van der Waals surface area contributed by atoms with Crippen LogP contribution in [0.5, 0.6) is 0 Å². The van der Waals surface area contributed by atoms with Crippen LogP contribution in [-0.4, -0.2) is 75.8 Å². The van der Waals surface area contributed by atoms with E-state index >= 15 is 0 Å². The topological polar surface area (TPSA) is 9.72 Å². The van der Waals surface area contributed by atoms with E-state index in [0.717, 1.165) is 244 Å². The molecule has 4 heteroatoms. The summed E-state index contributed by atoms with van der Waals surface area (Å²) < 4.78 is 0. The Morgan fingerprint density at radius 1 is 0.194 bits per heavy atom. The molecule has 20 saturated carbocycles. The molecule has 0 radical (unpaired) electrons. The Kier molecular flexibility index (Phi) is 28.2. The van der Waals surface area contributed by atoms with E-state index in [1.54, 1.807) is 449 Å². The van der Waals surface area contributed by atoms with Gasteiger partial charge in [0.25, 0.3) is 0 Å². The number of nitrogens with zero attached hydrogens (tertiary/aromatic N) is 3. The Hall–Kier alpha value is -0.0551. The van der Waals surface area contributed by atoms with Crippen LogP contribution < -0.4 is 0 Å². The van der Waals surface area contributed by atoms with Crippen LogP contribution in [0.1, 0.15) is 504 Å². The summed E-state index contributed by atoms with van der Waals surface area (Å²) >= 11 is 0. The second-order valence-electron chi connectivity index (χ2n) is 55.8. The molecule has 0 bridgehead atoms. The molecule has 700 valence electrons. The first kappa shape index (κ1) is 89.2. The van der Waals surface area contributed by atoms with Crippen molar-refractivity contribution in [3.8, 4) is 0 Å². The van der Waals surface area contributed by atoms with Crippen LogP contribution in [0.4, 0.5) is 0 Å². The molecule has 0 aromatic heterocycles. The van der Waals surface area contributed by atoms with Crippen molar-refractivity contribution in [1.82, 2.24) is 14.7 Å². The highest BCUT2D eigenvalue weighted by Crippen LogP contribution is 2.72. The lowest BCUT2D eigenvalue weighted by Crippen LogP contribution is -2.78. The van der Waals surface area contributed by atoms with Gasteiger partial charge in [-0.2, -0.15) is 0 Å². The molecule has 22 rings (SSSR count). The molecule has 0 N–H and O–H groups in total. The van der Waals surface area contributed by atoms with Crippen molar-refractivity contribution in [1.29, 1.82) is 0 Å². The zero-order chi connectivity index (χ0) is 83.3. The predicted octanol–water partition coefficient (Wildman–Crippen LogP) is 33.5. The summed E-state index contributed by atoms with van der Waals surface area (Å²) in [6.45, 7) is 17.4. The highest BCUT2D eigenvalue weighted by molar-refractivity contribution is 6.65. The average molecular weight is 1700 g/mol. The normalized spacial score (nSPS) is 47.2. The first-order valence-corrected chi connectivity index (χ1v) is 60.1. The van der Waals surface area contributed by atoms with Crippen molar-refractivity contribution in [3.63, 3.8) is 0 Å². The van der Waals surface area contributed by atoms with Gasteiger partial charge >= 0.3 is 0 Å².